The summed E-state index contributed by atoms with van der Waals surface area (Å²) in [6, 6.07) is 13.3. The molecule has 146 valence electrons. The molecule has 0 spiro atoms. The molecule has 0 unspecified atom stereocenters. The summed E-state index contributed by atoms with van der Waals surface area (Å²) < 4.78 is 2.03. The molecule has 0 bridgehead atoms. The Kier molecular flexibility index (Phi) is 5.47. The minimum atomic E-state index is -0.118. The van der Waals surface area contributed by atoms with E-state index in [1.807, 2.05) is 66.3 Å². The van der Waals surface area contributed by atoms with Gasteiger partial charge in [-0.1, -0.05) is 17.7 Å². The molecule has 0 fully saturated rings. The van der Waals surface area contributed by atoms with Crippen molar-refractivity contribution >= 4 is 28.8 Å². The van der Waals surface area contributed by atoms with Crippen LogP contribution in [0.3, 0.4) is 0 Å². The van der Waals surface area contributed by atoms with Crippen molar-refractivity contribution in [2.24, 2.45) is 0 Å². The molecule has 0 saturated carbocycles. The molecule has 5 nitrogen and oxygen atoms in total. The quantitative estimate of drug-likeness (QED) is 0.481. The third-order valence-electron chi connectivity index (χ3n) is 4.67. The number of aromatic nitrogens is 3. The highest BCUT2D eigenvalue weighted by Crippen LogP contribution is 2.24. The largest absolute Gasteiger partial charge is 0.345 e. The molecule has 1 aromatic carbocycles. The van der Waals surface area contributed by atoms with Crippen LogP contribution in [0.1, 0.15) is 26.8 Å². The molecule has 0 aliphatic heterocycles. The Morgan fingerprint density at radius 1 is 1.17 bits per heavy atom. The lowest BCUT2D eigenvalue weighted by Crippen LogP contribution is -2.23. The van der Waals surface area contributed by atoms with Gasteiger partial charge in [-0.2, -0.15) is 0 Å². The van der Waals surface area contributed by atoms with Gasteiger partial charge in [-0.25, -0.2) is 4.98 Å². The van der Waals surface area contributed by atoms with Crippen molar-refractivity contribution in [2.75, 3.05) is 0 Å². The predicted molar refractivity (Wildman–Crippen MR) is 117 cm³/mol. The second-order valence-electron chi connectivity index (χ2n) is 6.65. The standard InChI is InChI=1S/C22H19ClN4OS/c1-14-10-19(15(2)27(14)18-5-3-4-17(23)11-18)22(28)25-12-21-26-20(13-29-21)16-6-8-24-9-7-16/h3-11,13H,12H2,1-2H3,(H,25,28). The molecule has 0 aliphatic carbocycles. The molecule has 3 heterocycles. The Morgan fingerprint density at radius 3 is 2.72 bits per heavy atom. The monoisotopic (exact) mass is 422 g/mol. The number of carbonyl (C=O) groups is 1. The van der Waals surface area contributed by atoms with Crippen LogP contribution in [0.4, 0.5) is 0 Å². The Balaban J connectivity index is 1.50. The number of rotatable bonds is 5. The van der Waals surface area contributed by atoms with Gasteiger partial charge in [0.2, 0.25) is 0 Å². The summed E-state index contributed by atoms with van der Waals surface area (Å²) in [6.07, 6.45) is 3.48. The zero-order valence-corrected chi connectivity index (χ0v) is 17.6. The first kappa shape index (κ1) is 19.4. The highest BCUT2D eigenvalue weighted by atomic mass is 35.5. The number of hydrogen-bond acceptors (Lipinski definition) is 4. The molecule has 29 heavy (non-hydrogen) atoms. The lowest BCUT2D eigenvalue weighted by molar-refractivity contribution is 0.0950. The minimum Gasteiger partial charge on any atom is -0.345 e. The first-order valence-electron chi connectivity index (χ1n) is 9.11. The number of nitrogens with one attached hydrogen (secondary N) is 1. The SMILES string of the molecule is Cc1cc(C(=O)NCc2nc(-c3ccncc3)cs2)c(C)n1-c1cccc(Cl)c1. The Labute approximate surface area is 178 Å². The number of amides is 1. The Hall–Kier alpha value is -2.96. The van der Waals surface area contributed by atoms with E-state index in [1.54, 1.807) is 12.4 Å². The van der Waals surface area contributed by atoms with Crippen molar-refractivity contribution in [1.82, 2.24) is 19.9 Å². The van der Waals surface area contributed by atoms with E-state index < -0.39 is 0 Å². The number of halogens is 1. The van der Waals surface area contributed by atoms with Crippen LogP contribution in [-0.4, -0.2) is 20.4 Å². The van der Waals surface area contributed by atoms with Gasteiger partial charge in [0.1, 0.15) is 5.01 Å². The first-order valence-corrected chi connectivity index (χ1v) is 10.4. The number of thiazole rings is 1. The van der Waals surface area contributed by atoms with Crippen molar-refractivity contribution in [2.45, 2.75) is 20.4 Å². The molecule has 1 amide bonds. The highest BCUT2D eigenvalue weighted by Gasteiger charge is 2.17. The number of pyridine rings is 1. The molecule has 4 aromatic rings. The van der Waals surface area contributed by atoms with Crippen molar-refractivity contribution in [1.29, 1.82) is 0 Å². The van der Waals surface area contributed by atoms with E-state index in [1.165, 1.54) is 11.3 Å². The van der Waals surface area contributed by atoms with E-state index in [9.17, 15) is 4.79 Å². The second-order valence-corrected chi connectivity index (χ2v) is 8.02. The average molecular weight is 423 g/mol. The van der Waals surface area contributed by atoms with Gasteiger partial charge in [-0.05, 0) is 50.2 Å². The van der Waals surface area contributed by atoms with Gasteiger partial charge in [0.05, 0.1) is 17.8 Å². The van der Waals surface area contributed by atoms with Crippen molar-refractivity contribution in [3.63, 3.8) is 0 Å². The van der Waals surface area contributed by atoms with Gasteiger partial charge in [-0.3, -0.25) is 9.78 Å². The molecule has 4 rings (SSSR count). The van der Waals surface area contributed by atoms with Crippen LogP contribution >= 0.6 is 22.9 Å². The Morgan fingerprint density at radius 2 is 1.97 bits per heavy atom. The van der Waals surface area contributed by atoms with E-state index in [4.69, 9.17) is 11.6 Å². The van der Waals surface area contributed by atoms with Gasteiger partial charge in [-0.15, -0.1) is 11.3 Å². The van der Waals surface area contributed by atoms with Crippen LogP contribution in [-0.2, 0) is 6.54 Å². The molecule has 0 aliphatic rings. The van der Waals surface area contributed by atoms with Crippen LogP contribution in [0.15, 0.2) is 60.2 Å². The van der Waals surface area contributed by atoms with Crippen LogP contribution in [0.25, 0.3) is 16.9 Å². The summed E-state index contributed by atoms with van der Waals surface area (Å²) in [5.74, 6) is -0.118. The number of nitrogens with zero attached hydrogens (tertiary/aromatic N) is 3. The number of hydrogen-bond donors (Lipinski definition) is 1. The molecule has 7 heteroatoms. The number of carbonyl (C=O) groups excluding carboxylic acids is 1. The highest BCUT2D eigenvalue weighted by molar-refractivity contribution is 7.09. The zero-order chi connectivity index (χ0) is 20.4. The number of benzene rings is 1. The molecule has 0 atom stereocenters. The van der Waals surface area contributed by atoms with Crippen molar-refractivity contribution < 1.29 is 4.79 Å². The van der Waals surface area contributed by atoms with Crippen LogP contribution in [0.5, 0.6) is 0 Å². The Bertz CT molecular complexity index is 1170. The maximum atomic E-state index is 12.8. The van der Waals surface area contributed by atoms with Crippen LogP contribution in [0, 0.1) is 13.8 Å². The fourth-order valence-electron chi connectivity index (χ4n) is 3.30. The van der Waals surface area contributed by atoms with E-state index in [0.717, 1.165) is 33.3 Å². The summed E-state index contributed by atoms with van der Waals surface area (Å²) in [5.41, 5.74) is 5.34. The van der Waals surface area contributed by atoms with Gasteiger partial charge < -0.3 is 9.88 Å². The maximum Gasteiger partial charge on any atom is 0.253 e. The van der Waals surface area contributed by atoms with Crippen molar-refractivity contribution in [3.05, 3.63) is 87.2 Å². The third kappa shape index (κ3) is 4.09. The summed E-state index contributed by atoms with van der Waals surface area (Å²) in [7, 11) is 0. The van der Waals surface area contributed by atoms with E-state index in [0.29, 0.717) is 17.1 Å². The third-order valence-corrected chi connectivity index (χ3v) is 5.75. The fourth-order valence-corrected chi connectivity index (χ4v) is 4.23. The summed E-state index contributed by atoms with van der Waals surface area (Å²) in [6.45, 7) is 4.30. The van der Waals surface area contributed by atoms with Gasteiger partial charge in [0.25, 0.3) is 5.91 Å². The van der Waals surface area contributed by atoms with Crippen LogP contribution < -0.4 is 5.32 Å². The second kappa shape index (κ2) is 8.19. The normalized spacial score (nSPS) is 10.9. The maximum absolute atomic E-state index is 12.8. The number of aryl methyl sites for hydroxylation is 1. The zero-order valence-electron chi connectivity index (χ0n) is 16.0. The molecule has 1 N–H and O–H groups in total. The summed E-state index contributed by atoms with van der Waals surface area (Å²) in [5, 5.41) is 6.49. The summed E-state index contributed by atoms with van der Waals surface area (Å²) in [4.78, 5) is 21.4. The molecular weight excluding hydrogens is 404 g/mol. The smallest absolute Gasteiger partial charge is 0.253 e. The molecule has 0 radical (unpaired) electrons. The summed E-state index contributed by atoms with van der Waals surface area (Å²) >= 11 is 7.66. The molecule has 3 aromatic heterocycles. The first-order chi connectivity index (χ1) is 14.0. The van der Waals surface area contributed by atoms with Crippen LogP contribution in [0.2, 0.25) is 5.02 Å². The lowest BCUT2D eigenvalue weighted by Gasteiger charge is -2.10. The topological polar surface area (TPSA) is 59.8 Å². The molecule has 0 saturated heterocycles. The average Bonchev–Trinajstić information content (AvgIpc) is 3.31. The fraction of sp³-hybridized carbons (Fsp3) is 0.136. The predicted octanol–water partition coefficient (Wildman–Crippen LogP) is 5.20. The molecular formula is C22H19ClN4OS. The van der Waals surface area contributed by atoms with E-state index in [2.05, 4.69) is 15.3 Å². The van der Waals surface area contributed by atoms with Crippen molar-refractivity contribution in [3.8, 4) is 16.9 Å². The van der Waals surface area contributed by atoms with E-state index in [-0.39, 0.29) is 5.91 Å². The van der Waals surface area contributed by atoms with Gasteiger partial charge in [0, 0.05) is 45.4 Å². The van der Waals surface area contributed by atoms with E-state index >= 15 is 0 Å². The minimum absolute atomic E-state index is 0.118. The lowest BCUT2D eigenvalue weighted by atomic mass is 10.2. The van der Waals surface area contributed by atoms with Gasteiger partial charge >= 0.3 is 0 Å². The van der Waals surface area contributed by atoms with Gasteiger partial charge in [0.15, 0.2) is 0 Å².